The topological polar surface area (TPSA) is 65.0 Å². The Morgan fingerprint density at radius 3 is 1.66 bits per heavy atom. The summed E-state index contributed by atoms with van der Waals surface area (Å²) in [6.45, 7) is 0. The zero-order valence-electron chi connectivity index (χ0n) is 26.7. The average molecular weight is 642 g/mol. The number of furan rings is 2. The maximum atomic E-state index is 6.60. The summed E-state index contributed by atoms with van der Waals surface area (Å²) in [6.07, 6.45) is 0. The zero-order valence-corrected chi connectivity index (χ0v) is 26.7. The van der Waals surface area contributed by atoms with Gasteiger partial charge in [-0.05, 0) is 52.6 Å². The van der Waals surface area contributed by atoms with E-state index in [-0.39, 0.29) is 0 Å². The van der Waals surface area contributed by atoms with Crippen LogP contribution in [0.2, 0.25) is 0 Å². The van der Waals surface area contributed by atoms with Gasteiger partial charge in [-0.1, -0.05) is 133 Å². The van der Waals surface area contributed by atoms with Crippen molar-refractivity contribution in [2.45, 2.75) is 0 Å². The molecule has 3 heterocycles. The van der Waals surface area contributed by atoms with Crippen molar-refractivity contribution in [1.82, 2.24) is 15.0 Å². The van der Waals surface area contributed by atoms with Crippen LogP contribution in [0, 0.1) is 0 Å². The number of hydrogen-bond acceptors (Lipinski definition) is 5. The largest absolute Gasteiger partial charge is 0.456 e. The molecule has 0 unspecified atom stereocenters. The molecule has 0 aliphatic heterocycles. The molecule has 0 radical (unpaired) electrons. The third-order valence-corrected chi connectivity index (χ3v) is 9.37. The monoisotopic (exact) mass is 641 g/mol. The van der Waals surface area contributed by atoms with E-state index >= 15 is 0 Å². The van der Waals surface area contributed by atoms with Crippen LogP contribution in [0.4, 0.5) is 0 Å². The van der Waals surface area contributed by atoms with Crippen molar-refractivity contribution in [2.24, 2.45) is 0 Å². The van der Waals surface area contributed by atoms with E-state index in [0.29, 0.717) is 17.5 Å². The van der Waals surface area contributed by atoms with Crippen LogP contribution in [-0.4, -0.2) is 15.0 Å². The van der Waals surface area contributed by atoms with Gasteiger partial charge in [0.25, 0.3) is 0 Å². The fourth-order valence-corrected chi connectivity index (χ4v) is 6.93. The Morgan fingerprint density at radius 2 is 0.860 bits per heavy atom. The maximum Gasteiger partial charge on any atom is 0.167 e. The highest BCUT2D eigenvalue weighted by Crippen LogP contribution is 2.39. The van der Waals surface area contributed by atoms with E-state index in [9.17, 15) is 0 Å². The van der Waals surface area contributed by atoms with Gasteiger partial charge in [0.2, 0.25) is 0 Å². The molecule has 0 N–H and O–H groups in total. The van der Waals surface area contributed by atoms with Gasteiger partial charge in [-0.3, -0.25) is 0 Å². The molecule has 0 bridgehead atoms. The Bertz CT molecular complexity index is 2850. The molecule has 7 aromatic carbocycles. The van der Waals surface area contributed by atoms with Crippen LogP contribution in [0.15, 0.2) is 173 Å². The molecular formula is C45H27N3O2. The fraction of sp³-hybridized carbons (Fsp3) is 0. The molecule has 5 nitrogen and oxygen atoms in total. The summed E-state index contributed by atoms with van der Waals surface area (Å²) in [6, 6.07) is 55.8. The quantitative estimate of drug-likeness (QED) is 0.187. The van der Waals surface area contributed by atoms with Crippen LogP contribution in [0.3, 0.4) is 0 Å². The molecule has 3 aromatic heterocycles. The van der Waals surface area contributed by atoms with Crippen molar-refractivity contribution in [2.75, 3.05) is 0 Å². The molecular weight excluding hydrogens is 615 g/mol. The van der Waals surface area contributed by atoms with E-state index in [4.69, 9.17) is 23.8 Å². The summed E-state index contributed by atoms with van der Waals surface area (Å²) in [7, 11) is 0. The van der Waals surface area contributed by atoms with Crippen molar-refractivity contribution in [3.8, 4) is 56.4 Å². The van der Waals surface area contributed by atoms with Gasteiger partial charge >= 0.3 is 0 Å². The fourth-order valence-electron chi connectivity index (χ4n) is 6.93. The molecule has 50 heavy (non-hydrogen) atoms. The zero-order chi connectivity index (χ0) is 33.0. The van der Waals surface area contributed by atoms with E-state index in [0.717, 1.165) is 71.7 Å². The number of hydrogen-bond donors (Lipinski definition) is 0. The van der Waals surface area contributed by atoms with Crippen LogP contribution in [-0.2, 0) is 0 Å². The van der Waals surface area contributed by atoms with Crippen LogP contribution >= 0.6 is 0 Å². The highest BCUT2D eigenvalue weighted by molar-refractivity contribution is 6.12. The minimum atomic E-state index is 0.542. The van der Waals surface area contributed by atoms with E-state index < -0.39 is 0 Å². The standard InChI is InChI=1S/C45H27N3O2/c1-3-11-28(12-4-1)29-21-23-30(24-22-29)32-25-26-39-37(27-32)33-16-9-18-36(42(33)50-39)45-47-43(31-13-5-2-6-14-31)46-44(48-45)35-17-10-20-40-41(35)34-15-7-8-19-38(34)49-40/h1-27H. The average Bonchev–Trinajstić information content (AvgIpc) is 3.77. The molecule has 0 spiro atoms. The summed E-state index contributed by atoms with van der Waals surface area (Å²) in [5, 5.41) is 4.04. The third kappa shape index (κ3) is 4.67. The van der Waals surface area contributed by atoms with Gasteiger partial charge in [-0.15, -0.1) is 0 Å². The van der Waals surface area contributed by atoms with Gasteiger partial charge < -0.3 is 8.83 Å². The first-order chi connectivity index (χ1) is 24.8. The Labute approximate surface area is 287 Å². The van der Waals surface area contributed by atoms with Gasteiger partial charge in [0.05, 0.1) is 5.56 Å². The Balaban J connectivity index is 1.13. The lowest BCUT2D eigenvalue weighted by Gasteiger charge is -2.09. The second-order valence-corrected chi connectivity index (χ2v) is 12.4. The number of benzene rings is 7. The molecule has 10 aromatic rings. The maximum absolute atomic E-state index is 6.60. The van der Waals surface area contributed by atoms with Gasteiger partial charge in [0, 0.05) is 32.7 Å². The summed E-state index contributed by atoms with van der Waals surface area (Å²) in [4.78, 5) is 15.2. The first-order valence-corrected chi connectivity index (χ1v) is 16.6. The first kappa shape index (κ1) is 28.2. The van der Waals surface area contributed by atoms with Crippen LogP contribution in [0.25, 0.3) is 100 Å². The summed E-state index contributed by atoms with van der Waals surface area (Å²) in [5.41, 5.74) is 10.4. The van der Waals surface area contributed by atoms with E-state index in [1.54, 1.807) is 0 Å². The van der Waals surface area contributed by atoms with E-state index in [1.807, 2.05) is 84.9 Å². The van der Waals surface area contributed by atoms with Crippen LogP contribution in [0.5, 0.6) is 0 Å². The molecule has 0 amide bonds. The Kier molecular flexibility index (Phi) is 6.42. The first-order valence-electron chi connectivity index (χ1n) is 16.6. The van der Waals surface area contributed by atoms with Crippen molar-refractivity contribution in [3.63, 3.8) is 0 Å². The predicted octanol–water partition coefficient (Wildman–Crippen LogP) is 12.0. The second kappa shape index (κ2) is 11.4. The number of rotatable bonds is 5. The van der Waals surface area contributed by atoms with Crippen LogP contribution < -0.4 is 0 Å². The Morgan fingerprint density at radius 1 is 0.320 bits per heavy atom. The van der Waals surface area contributed by atoms with Gasteiger partial charge in [-0.25, -0.2) is 15.0 Å². The van der Waals surface area contributed by atoms with Gasteiger partial charge in [0.1, 0.15) is 22.3 Å². The lowest BCUT2D eigenvalue weighted by Crippen LogP contribution is -2.00. The van der Waals surface area contributed by atoms with Gasteiger partial charge in [0.15, 0.2) is 17.5 Å². The molecule has 0 atom stereocenters. The number of para-hydroxylation sites is 2. The summed E-state index contributed by atoms with van der Waals surface area (Å²) in [5.74, 6) is 1.70. The minimum Gasteiger partial charge on any atom is -0.456 e. The van der Waals surface area contributed by atoms with E-state index in [1.165, 1.54) is 11.1 Å². The highest BCUT2D eigenvalue weighted by atomic mass is 16.3. The number of aromatic nitrogens is 3. The van der Waals surface area contributed by atoms with Crippen molar-refractivity contribution in [1.29, 1.82) is 0 Å². The minimum absolute atomic E-state index is 0.542. The molecule has 0 aliphatic carbocycles. The normalized spacial score (nSPS) is 11.6. The van der Waals surface area contributed by atoms with Crippen molar-refractivity contribution in [3.05, 3.63) is 164 Å². The molecule has 234 valence electrons. The van der Waals surface area contributed by atoms with Crippen LogP contribution in [0.1, 0.15) is 0 Å². The van der Waals surface area contributed by atoms with Gasteiger partial charge in [-0.2, -0.15) is 0 Å². The molecule has 0 aliphatic rings. The van der Waals surface area contributed by atoms with E-state index in [2.05, 4.69) is 78.9 Å². The third-order valence-electron chi connectivity index (χ3n) is 9.37. The van der Waals surface area contributed by atoms with Crippen molar-refractivity contribution >= 4 is 43.9 Å². The lowest BCUT2D eigenvalue weighted by atomic mass is 9.99. The molecule has 0 saturated carbocycles. The lowest BCUT2D eigenvalue weighted by molar-refractivity contribution is 0.668. The second-order valence-electron chi connectivity index (χ2n) is 12.4. The number of nitrogens with zero attached hydrogens (tertiary/aromatic N) is 3. The molecule has 5 heteroatoms. The van der Waals surface area contributed by atoms with Crippen molar-refractivity contribution < 1.29 is 8.83 Å². The highest BCUT2D eigenvalue weighted by Gasteiger charge is 2.20. The summed E-state index contributed by atoms with van der Waals surface area (Å²) < 4.78 is 12.8. The molecule has 0 fully saturated rings. The Hall–Kier alpha value is -6.85. The SMILES string of the molecule is c1ccc(-c2ccc(-c3ccc4oc5c(-c6nc(-c7ccccc7)nc(-c7cccc8oc9ccccc9c78)n6)cccc5c4c3)cc2)cc1. The molecule has 0 saturated heterocycles. The predicted molar refractivity (Wildman–Crippen MR) is 202 cm³/mol. The smallest absolute Gasteiger partial charge is 0.167 e. The summed E-state index contributed by atoms with van der Waals surface area (Å²) >= 11 is 0. The number of fused-ring (bicyclic) bond motifs is 6. The molecule has 10 rings (SSSR count).